The van der Waals surface area contributed by atoms with Crippen LogP contribution in [0.5, 0.6) is 5.75 Å². The summed E-state index contributed by atoms with van der Waals surface area (Å²) < 4.78 is 44.5. The molecule has 3 aromatic carbocycles. The van der Waals surface area contributed by atoms with Gasteiger partial charge in [0.2, 0.25) is 0 Å². The molecule has 182 valence electrons. The maximum absolute atomic E-state index is 14.4. The van der Waals surface area contributed by atoms with Crippen molar-refractivity contribution >= 4 is 21.4 Å². The minimum atomic E-state index is -3.79. The number of aryl methyl sites for hydroxylation is 2. The lowest BCUT2D eigenvalue weighted by atomic mass is 9.92. The minimum Gasteiger partial charge on any atom is -0.505 e. The number of sulfonamides is 1. The van der Waals surface area contributed by atoms with E-state index < -0.39 is 21.6 Å². The van der Waals surface area contributed by atoms with Gasteiger partial charge in [0, 0.05) is 25.5 Å². The predicted octanol–water partition coefficient (Wildman–Crippen LogP) is 4.95. The largest absolute Gasteiger partial charge is 0.505 e. The van der Waals surface area contributed by atoms with Gasteiger partial charge in [0.25, 0.3) is 10.0 Å². The Balaban J connectivity index is 1.70. The second-order valence-corrected chi connectivity index (χ2v) is 9.87. The molecule has 0 aliphatic heterocycles. The summed E-state index contributed by atoms with van der Waals surface area (Å²) in [7, 11) is -1.95. The van der Waals surface area contributed by atoms with Gasteiger partial charge in [-0.2, -0.15) is 5.10 Å². The van der Waals surface area contributed by atoms with Crippen LogP contribution < -0.4 is 10.0 Å². The zero-order valence-electron chi connectivity index (χ0n) is 19.5. The lowest BCUT2D eigenvalue weighted by molar-refractivity contribution is 0.432. The first-order valence-corrected chi connectivity index (χ1v) is 12.7. The number of anilines is 2. The van der Waals surface area contributed by atoms with E-state index >= 15 is 0 Å². The van der Waals surface area contributed by atoms with Gasteiger partial charge in [-0.15, -0.1) is 0 Å². The lowest BCUT2D eigenvalue weighted by Crippen LogP contribution is -2.13. The summed E-state index contributed by atoms with van der Waals surface area (Å²) in [5, 5.41) is 17.3. The van der Waals surface area contributed by atoms with Crippen LogP contribution in [0.4, 0.5) is 15.8 Å². The molecule has 1 aromatic heterocycles. The number of phenols is 1. The molecule has 3 N–H and O–H groups in total. The third kappa shape index (κ3) is 5.63. The van der Waals surface area contributed by atoms with Crippen molar-refractivity contribution in [2.45, 2.75) is 24.7 Å². The van der Waals surface area contributed by atoms with Crippen molar-refractivity contribution in [3.05, 3.63) is 90.0 Å². The van der Waals surface area contributed by atoms with Crippen molar-refractivity contribution in [1.29, 1.82) is 0 Å². The fraction of sp³-hybridized carbons (Fsp3) is 0.192. The highest BCUT2D eigenvalue weighted by Crippen LogP contribution is 2.34. The standard InChI is InChI=1S/C26H27FN4O3S/c1-3-18-13-26(32)25(27)15-24(18)23-14-20(30-35(33,34)22-7-5-4-6-8-22)10-9-19(23)11-12-28-21-16-29-31(2)17-21/h4-10,13-17,28,30,32H,3,11-12H2,1-2H3. The van der Waals surface area contributed by atoms with Gasteiger partial charge in [-0.1, -0.05) is 31.2 Å². The number of phenolic OH excluding ortho intramolecular Hbond substituents is 1. The van der Waals surface area contributed by atoms with Crippen LogP contribution in [0.1, 0.15) is 18.1 Å². The minimum absolute atomic E-state index is 0.149. The second-order valence-electron chi connectivity index (χ2n) is 8.18. The Morgan fingerprint density at radius 1 is 1.00 bits per heavy atom. The van der Waals surface area contributed by atoms with E-state index in [9.17, 15) is 17.9 Å². The van der Waals surface area contributed by atoms with Crippen LogP contribution in [0, 0.1) is 5.82 Å². The average molecular weight is 495 g/mol. The number of hydrogen-bond donors (Lipinski definition) is 3. The number of nitrogens with zero attached hydrogens (tertiary/aromatic N) is 2. The number of aromatic hydroxyl groups is 1. The monoisotopic (exact) mass is 494 g/mol. The maximum atomic E-state index is 14.4. The van der Waals surface area contributed by atoms with Crippen LogP contribution in [0.2, 0.25) is 0 Å². The summed E-state index contributed by atoms with van der Waals surface area (Å²) >= 11 is 0. The Kier molecular flexibility index (Phi) is 7.07. The molecular formula is C26H27FN4O3S. The van der Waals surface area contributed by atoms with Crippen molar-refractivity contribution in [3.8, 4) is 16.9 Å². The molecular weight excluding hydrogens is 467 g/mol. The maximum Gasteiger partial charge on any atom is 0.261 e. The van der Waals surface area contributed by atoms with Crippen molar-refractivity contribution < 1.29 is 17.9 Å². The molecule has 0 radical (unpaired) electrons. The molecule has 35 heavy (non-hydrogen) atoms. The summed E-state index contributed by atoms with van der Waals surface area (Å²) in [4.78, 5) is 0.149. The van der Waals surface area contributed by atoms with Crippen LogP contribution >= 0.6 is 0 Å². The molecule has 0 spiro atoms. The highest BCUT2D eigenvalue weighted by molar-refractivity contribution is 7.92. The normalized spacial score (nSPS) is 11.4. The molecule has 0 atom stereocenters. The molecule has 1 heterocycles. The third-order valence-electron chi connectivity index (χ3n) is 5.69. The first kappa shape index (κ1) is 24.3. The Morgan fingerprint density at radius 3 is 2.43 bits per heavy atom. The molecule has 7 nitrogen and oxygen atoms in total. The fourth-order valence-electron chi connectivity index (χ4n) is 3.92. The van der Waals surface area contributed by atoms with Gasteiger partial charge in [-0.05, 0) is 71.5 Å². The van der Waals surface area contributed by atoms with Gasteiger partial charge in [-0.3, -0.25) is 9.40 Å². The number of aromatic nitrogens is 2. The third-order valence-corrected chi connectivity index (χ3v) is 7.08. The Bertz CT molecular complexity index is 1440. The van der Waals surface area contributed by atoms with Crippen molar-refractivity contribution in [3.63, 3.8) is 0 Å². The first-order chi connectivity index (χ1) is 16.8. The number of benzene rings is 3. The van der Waals surface area contributed by atoms with E-state index in [-0.39, 0.29) is 4.90 Å². The Morgan fingerprint density at radius 2 is 1.74 bits per heavy atom. The van der Waals surface area contributed by atoms with Gasteiger partial charge in [0.15, 0.2) is 11.6 Å². The fourth-order valence-corrected chi connectivity index (χ4v) is 5.00. The number of hydrogen-bond acceptors (Lipinski definition) is 5. The smallest absolute Gasteiger partial charge is 0.261 e. The van der Waals surface area contributed by atoms with E-state index in [1.54, 1.807) is 41.2 Å². The van der Waals surface area contributed by atoms with E-state index in [4.69, 9.17) is 0 Å². The topological polar surface area (TPSA) is 96.2 Å². The zero-order chi connectivity index (χ0) is 25.0. The van der Waals surface area contributed by atoms with Gasteiger partial charge in [0.05, 0.1) is 16.8 Å². The van der Waals surface area contributed by atoms with Crippen LogP contribution in [-0.4, -0.2) is 29.8 Å². The lowest BCUT2D eigenvalue weighted by Gasteiger charge is -2.17. The highest BCUT2D eigenvalue weighted by atomic mass is 32.2. The van der Waals surface area contributed by atoms with E-state index in [2.05, 4.69) is 15.1 Å². The van der Waals surface area contributed by atoms with Crippen LogP contribution in [-0.2, 0) is 29.9 Å². The molecule has 4 aromatic rings. The first-order valence-electron chi connectivity index (χ1n) is 11.2. The SMILES string of the molecule is CCc1cc(O)c(F)cc1-c1cc(NS(=O)(=O)c2ccccc2)ccc1CCNc1cnn(C)c1. The van der Waals surface area contributed by atoms with Gasteiger partial charge >= 0.3 is 0 Å². The Labute approximate surface area is 204 Å². The summed E-state index contributed by atoms with van der Waals surface area (Å²) in [6.45, 7) is 2.51. The second kappa shape index (κ2) is 10.2. The highest BCUT2D eigenvalue weighted by Gasteiger charge is 2.17. The van der Waals surface area contributed by atoms with Crippen LogP contribution in [0.15, 0.2) is 78.0 Å². The van der Waals surface area contributed by atoms with E-state index in [0.717, 1.165) is 16.8 Å². The van der Waals surface area contributed by atoms with E-state index in [1.165, 1.54) is 24.3 Å². The molecule has 4 rings (SSSR count). The predicted molar refractivity (Wildman–Crippen MR) is 136 cm³/mol. The molecule has 9 heteroatoms. The van der Waals surface area contributed by atoms with Crippen LogP contribution in [0.3, 0.4) is 0 Å². The summed E-state index contributed by atoms with van der Waals surface area (Å²) in [6, 6.07) is 16.1. The summed E-state index contributed by atoms with van der Waals surface area (Å²) in [5.41, 5.74) is 4.22. The van der Waals surface area contributed by atoms with Crippen LogP contribution in [0.25, 0.3) is 11.1 Å². The van der Waals surface area contributed by atoms with Gasteiger partial charge in [0.1, 0.15) is 0 Å². The van der Waals surface area contributed by atoms with Crippen molar-refractivity contribution in [2.75, 3.05) is 16.6 Å². The van der Waals surface area contributed by atoms with Crippen molar-refractivity contribution in [2.24, 2.45) is 7.05 Å². The number of nitrogens with one attached hydrogen (secondary N) is 2. The van der Waals surface area contributed by atoms with Crippen molar-refractivity contribution in [1.82, 2.24) is 9.78 Å². The quantitative estimate of drug-likeness (QED) is 0.306. The van der Waals surface area contributed by atoms with E-state index in [1.807, 2.05) is 26.2 Å². The number of rotatable bonds is 9. The molecule has 0 aliphatic rings. The van der Waals surface area contributed by atoms with Gasteiger partial charge < -0.3 is 10.4 Å². The molecule has 0 aliphatic carbocycles. The van der Waals surface area contributed by atoms with Gasteiger partial charge in [-0.25, -0.2) is 12.8 Å². The molecule has 0 saturated carbocycles. The summed E-state index contributed by atoms with van der Waals surface area (Å²) in [6.07, 6.45) is 4.76. The Hall–Kier alpha value is -3.85. The molecule has 0 amide bonds. The van der Waals surface area contributed by atoms with E-state index in [0.29, 0.717) is 36.2 Å². The molecule has 0 bridgehead atoms. The molecule has 0 fully saturated rings. The summed E-state index contributed by atoms with van der Waals surface area (Å²) in [5.74, 6) is -1.14. The zero-order valence-corrected chi connectivity index (χ0v) is 20.3. The molecule has 0 saturated heterocycles. The molecule has 0 unspecified atom stereocenters. The number of halogens is 1. The average Bonchev–Trinajstić information content (AvgIpc) is 3.26.